The second kappa shape index (κ2) is 6.80. The van der Waals surface area contributed by atoms with Crippen molar-refractivity contribution < 1.29 is 18.3 Å². The monoisotopic (exact) mass is 334 g/mol. The van der Waals surface area contributed by atoms with Crippen LogP contribution in [0.15, 0.2) is 42.5 Å². The summed E-state index contributed by atoms with van der Waals surface area (Å²) in [6.07, 6.45) is 0.308. The van der Waals surface area contributed by atoms with Gasteiger partial charge in [0.1, 0.15) is 22.8 Å². The van der Waals surface area contributed by atoms with E-state index in [9.17, 15) is 8.78 Å². The second-order valence-electron chi connectivity index (χ2n) is 7.44. The minimum atomic E-state index is -0.755. The van der Waals surface area contributed by atoms with Gasteiger partial charge in [-0.05, 0) is 58.4 Å². The van der Waals surface area contributed by atoms with Gasteiger partial charge in [-0.15, -0.1) is 0 Å². The Kier molecular flexibility index (Phi) is 5.16. The summed E-state index contributed by atoms with van der Waals surface area (Å²) in [5.41, 5.74) is -0.644. The number of benzene rings is 2. The van der Waals surface area contributed by atoms with Gasteiger partial charge in [0.2, 0.25) is 0 Å². The summed E-state index contributed by atoms with van der Waals surface area (Å²) in [4.78, 5) is 0. The summed E-state index contributed by atoms with van der Waals surface area (Å²) in [7, 11) is 0. The molecule has 0 aliphatic carbocycles. The quantitative estimate of drug-likeness (QED) is 0.714. The Labute approximate surface area is 142 Å². The van der Waals surface area contributed by atoms with Gasteiger partial charge in [-0.2, -0.15) is 0 Å². The highest BCUT2D eigenvalue weighted by Crippen LogP contribution is 2.27. The van der Waals surface area contributed by atoms with Gasteiger partial charge in [0.05, 0.1) is 0 Å². The van der Waals surface area contributed by atoms with Crippen LogP contribution in [0.3, 0.4) is 0 Å². The molecule has 2 aromatic carbocycles. The molecule has 0 atom stereocenters. The van der Waals surface area contributed by atoms with Crippen LogP contribution in [0.2, 0.25) is 0 Å². The number of ether oxygens (including phenoxy) is 2. The number of halogens is 2. The third-order valence-electron chi connectivity index (χ3n) is 3.29. The summed E-state index contributed by atoms with van der Waals surface area (Å²) in [6, 6.07) is 11.0. The Morgan fingerprint density at radius 3 is 2.08 bits per heavy atom. The Morgan fingerprint density at radius 2 is 1.50 bits per heavy atom. The third-order valence-corrected chi connectivity index (χ3v) is 3.29. The standard InChI is InChI=1S/C20H24F2O2/c1-19(2,3)23-15-11-10-14(17(22)12-15)13-20(4,5)24-18-9-7-6-8-16(18)21/h6-12H,13H2,1-5H3. The minimum absolute atomic E-state index is 0.163. The van der Waals surface area contributed by atoms with E-state index < -0.39 is 11.4 Å². The number of hydrogen-bond acceptors (Lipinski definition) is 2. The van der Waals surface area contributed by atoms with Crippen LogP contribution >= 0.6 is 0 Å². The molecule has 0 amide bonds. The first-order valence-corrected chi connectivity index (χ1v) is 7.97. The second-order valence-corrected chi connectivity index (χ2v) is 7.44. The molecular formula is C20H24F2O2. The van der Waals surface area contributed by atoms with Crippen LogP contribution in [0.4, 0.5) is 8.78 Å². The van der Waals surface area contributed by atoms with Crippen molar-refractivity contribution in [2.24, 2.45) is 0 Å². The predicted octanol–water partition coefficient (Wildman–Crippen LogP) is 5.54. The number of hydrogen-bond donors (Lipinski definition) is 0. The van der Waals surface area contributed by atoms with Crippen molar-refractivity contribution >= 4 is 0 Å². The number of para-hydroxylation sites is 1. The van der Waals surface area contributed by atoms with Gasteiger partial charge in [-0.3, -0.25) is 0 Å². The zero-order chi connectivity index (χ0) is 18.0. The maximum atomic E-state index is 14.4. The Bertz CT molecular complexity index is 703. The first-order valence-electron chi connectivity index (χ1n) is 7.97. The van der Waals surface area contributed by atoms with Crippen LogP contribution in [-0.2, 0) is 6.42 Å². The summed E-state index contributed by atoms with van der Waals surface area (Å²) < 4.78 is 39.5. The molecule has 0 heterocycles. The minimum Gasteiger partial charge on any atom is -0.488 e. The molecule has 24 heavy (non-hydrogen) atoms. The number of rotatable bonds is 5. The van der Waals surface area contributed by atoms with Gasteiger partial charge in [0.25, 0.3) is 0 Å². The Balaban J connectivity index is 2.13. The first-order chi connectivity index (χ1) is 11.1. The zero-order valence-corrected chi connectivity index (χ0v) is 14.8. The van der Waals surface area contributed by atoms with Gasteiger partial charge >= 0.3 is 0 Å². The van der Waals surface area contributed by atoms with Gasteiger partial charge in [0, 0.05) is 12.5 Å². The van der Waals surface area contributed by atoms with Crippen LogP contribution in [0.5, 0.6) is 11.5 Å². The van der Waals surface area contributed by atoms with Crippen molar-refractivity contribution in [2.45, 2.75) is 52.2 Å². The lowest BCUT2D eigenvalue weighted by molar-refractivity contribution is 0.103. The molecule has 0 radical (unpaired) electrons. The molecule has 0 saturated heterocycles. The molecule has 2 nitrogen and oxygen atoms in total. The van der Waals surface area contributed by atoms with Crippen LogP contribution in [0, 0.1) is 11.6 Å². The molecule has 0 N–H and O–H groups in total. The summed E-state index contributed by atoms with van der Waals surface area (Å²) in [6.45, 7) is 9.33. The molecule has 0 fully saturated rings. The molecule has 4 heteroatoms. The average Bonchev–Trinajstić information content (AvgIpc) is 2.42. The fraction of sp³-hybridized carbons (Fsp3) is 0.400. The Hall–Kier alpha value is -2.10. The van der Waals surface area contributed by atoms with Crippen LogP contribution < -0.4 is 9.47 Å². The highest BCUT2D eigenvalue weighted by molar-refractivity contribution is 5.31. The van der Waals surface area contributed by atoms with Crippen LogP contribution in [0.25, 0.3) is 0 Å². The fourth-order valence-electron chi connectivity index (χ4n) is 2.41. The molecule has 0 unspecified atom stereocenters. The normalized spacial score (nSPS) is 12.1. The largest absolute Gasteiger partial charge is 0.488 e. The SMILES string of the molecule is CC(C)(C)Oc1ccc(CC(C)(C)Oc2ccccc2F)c(F)c1. The zero-order valence-electron chi connectivity index (χ0n) is 14.8. The van der Waals surface area contributed by atoms with Crippen molar-refractivity contribution in [1.82, 2.24) is 0 Å². The summed E-state index contributed by atoms with van der Waals surface area (Å²) >= 11 is 0. The molecule has 2 aromatic rings. The van der Waals surface area contributed by atoms with Crippen LogP contribution in [-0.4, -0.2) is 11.2 Å². The van der Waals surface area contributed by atoms with Crippen molar-refractivity contribution in [3.8, 4) is 11.5 Å². The van der Waals surface area contributed by atoms with Gasteiger partial charge in [-0.1, -0.05) is 18.2 Å². The lowest BCUT2D eigenvalue weighted by Crippen LogP contribution is -2.31. The molecule has 130 valence electrons. The summed E-state index contributed by atoms with van der Waals surface area (Å²) in [5.74, 6) is -0.144. The molecule has 0 aromatic heterocycles. The van der Waals surface area contributed by atoms with E-state index in [4.69, 9.17) is 9.47 Å². The lowest BCUT2D eigenvalue weighted by Gasteiger charge is -2.27. The molecule has 0 bridgehead atoms. The van der Waals surface area contributed by atoms with E-state index in [1.165, 1.54) is 12.1 Å². The smallest absolute Gasteiger partial charge is 0.165 e. The van der Waals surface area contributed by atoms with E-state index in [0.29, 0.717) is 17.7 Å². The van der Waals surface area contributed by atoms with Crippen molar-refractivity contribution in [2.75, 3.05) is 0 Å². The summed E-state index contributed by atoms with van der Waals surface area (Å²) in [5, 5.41) is 0. The topological polar surface area (TPSA) is 18.5 Å². The molecule has 0 aliphatic rings. The molecular weight excluding hydrogens is 310 g/mol. The fourth-order valence-corrected chi connectivity index (χ4v) is 2.41. The maximum Gasteiger partial charge on any atom is 0.165 e. The van der Waals surface area contributed by atoms with Crippen LogP contribution in [0.1, 0.15) is 40.2 Å². The van der Waals surface area contributed by atoms with E-state index in [0.717, 1.165) is 0 Å². The lowest BCUT2D eigenvalue weighted by atomic mass is 9.97. The highest BCUT2D eigenvalue weighted by Gasteiger charge is 2.24. The van der Waals surface area contributed by atoms with Gasteiger partial charge < -0.3 is 9.47 Å². The molecule has 0 spiro atoms. The van der Waals surface area contributed by atoms with E-state index in [1.807, 2.05) is 20.8 Å². The van der Waals surface area contributed by atoms with Gasteiger partial charge in [-0.25, -0.2) is 8.78 Å². The van der Waals surface area contributed by atoms with Gasteiger partial charge in [0.15, 0.2) is 11.6 Å². The Morgan fingerprint density at radius 1 is 0.833 bits per heavy atom. The van der Waals surface area contributed by atoms with Crippen molar-refractivity contribution in [1.29, 1.82) is 0 Å². The van der Waals surface area contributed by atoms with Crippen molar-refractivity contribution in [3.05, 3.63) is 59.7 Å². The van der Waals surface area contributed by atoms with E-state index in [1.54, 1.807) is 44.2 Å². The average molecular weight is 334 g/mol. The molecule has 0 aliphatic heterocycles. The molecule has 2 rings (SSSR count). The van der Waals surface area contributed by atoms with E-state index in [-0.39, 0.29) is 17.2 Å². The molecule has 0 saturated carbocycles. The highest BCUT2D eigenvalue weighted by atomic mass is 19.1. The maximum absolute atomic E-state index is 14.4. The third kappa shape index (κ3) is 5.22. The van der Waals surface area contributed by atoms with E-state index >= 15 is 0 Å². The van der Waals surface area contributed by atoms with E-state index in [2.05, 4.69) is 0 Å². The first kappa shape index (κ1) is 18.2. The predicted molar refractivity (Wildman–Crippen MR) is 91.6 cm³/mol. The van der Waals surface area contributed by atoms with Crippen molar-refractivity contribution in [3.63, 3.8) is 0 Å².